The number of nitro benzene ring substituents is 1. The zero-order chi connectivity index (χ0) is 22.7. The highest BCUT2D eigenvalue weighted by Crippen LogP contribution is 2.29. The predicted octanol–water partition coefficient (Wildman–Crippen LogP) is 2.73. The standard InChI is InChI=1S/C21H20N4O6/c1-4-31-16-8-5-14(6-9-16)24-20(27)17(19(26)22-21(24)28)12-13-11-15(25(29)30)7-10-18(13)23(2)3/h5-12H,4H2,1-3H3,(H,22,26,28)/b17-12-. The number of nitrogens with zero attached hydrogens (tertiary/aromatic N) is 3. The molecule has 2 aromatic carbocycles. The number of carbonyl (C=O) groups excluding carboxylic acids is 3. The molecular weight excluding hydrogens is 404 g/mol. The summed E-state index contributed by atoms with van der Waals surface area (Å²) in [5, 5.41) is 13.3. The van der Waals surface area contributed by atoms with Crippen molar-refractivity contribution in [2.75, 3.05) is 30.5 Å². The molecule has 3 rings (SSSR count). The van der Waals surface area contributed by atoms with E-state index in [0.29, 0.717) is 23.6 Å². The van der Waals surface area contributed by atoms with Crippen LogP contribution in [-0.4, -0.2) is 43.5 Å². The highest BCUT2D eigenvalue weighted by Gasteiger charge is 2.37. The van der Waals surface area contributed by atoms with Gasteiger partial charge in [-0.2, -0.15) is 0 Å². The molecule has 10 heteroatoms. The summed E-state index contributed by atoms with van der Waals surface area (Å²) in [6.45, 7) is 2.29. The fourth-order valence-electron chi connectivity index (χ4n) is 3.08. The lowest BCUT2D eigenvalue weighted by Gasteiger charge is -2.26. The van der Waals surface area contributed by atoms with Crippen molar-refractivity contribution in [3.63, 3.8) is 0 Å². The van der Waals surface area contributed by atoms with Crippen molar-refractivity contribution in [1.82, 2.24) is 5.32 Å². The Balaban J connectivity index is 2.05. The summed E-state index contributed by atoms with van der Waals surface area (Å²) >= 11 is 0. The molecule has 1 aliphatic heterocycles. The predicted molar refractivity (Wildman–Crippen MR) is 114 cm³/mol. The van der Waals surface area contributed by atoms with E-state index in [1.54, 1.807) is 31.1 Å². The molecule has 0 radical (unpaired) electrons. The molecule has 0 atom stereocenters. The van der Waals surface area contributed by atoms with Gasteiger partial charge in [0.15, 0.2) is 0 Å². The smallest absolute Gasteiger partial charge is 0.335 e. The fraction of sp³-hybridized carbons (Fsp3) is 0.190. The maximum Gasteiger partial charge on any atom is 0.335 e. The third-order valence-corrected chi connectivity index (χ3v) is 4.51. The van der Waals surface area contributed by atoms with Crippen LogP contribution in [0.3, 0.4) is 0 Å². The van der Waals surface area contributed by atoms with Gasteiger partial charge in [-0.15, -0.1) is 0 Å². The number of carbonyl (C=O) groups is 3. The Labute approximate surface area is 177 Å². The quantitative estimate of drug-likeness (QED) is 0.327. The zero-order valence-corrected chi connectivity index (χ0v) is 17.1. The van der Waals surface area contributed by atoms with Crippen LogP contribution in [0.1, 0.15) is 12.5 Å². The normalized spacial score (nSPS) is 15.1. The molecule has 2 aromatic rings. The number of rotatable bonds is 6. The van der Waals surface area contributed by atoms with Gasteiger partial charge in [-0.1, -0.05) is 0 Å². The largest absolute Gasteiger partial charge is 0.494 e. The minimum absolute atomic E-state index is 0.194. The van der Waals surface area contributed by atoms with Crippen LogP contribution in [-0.2, 0) is 9.59 Å². The van der Waals surface area contributed by atoms with Gasteiger partial charge in [0.1, 0.15) is 11.3 Å². The van der Waals surface area contributed by atoms with Crippen LogP contribution in [0.2, 0.25) is 0 Å². The monoisotopic (exact) mass is 424 g/mol. The van der Waals surface area contributed by atoms with Crippen LogP contribution >= 0.6 is 0 Å². The first-order valence-corrected chi connectivity index (χ1v) is 9.33. The van der Waals surface area contributed by atoms with E-state index < -0.39 is 22.8 Å². The van der Waals surface area contributed by atoms with Crippen molar-refractivity contribution in [2.45, 2.75) is 6.92 Å². The number of anilines is 2. The number of ether oxygens (including phenoxy) is 1. The molecule has 4 amide bonds. The van der Waals surface area contributed by atoms with Crippen molar-refractivity contribution in [2.24, 2.45) is 0 Å². The summed E-state index contributed by atoms with van der Waals surface area (Å²) in [4.78, 5) is 51.0. The van der Waals surface area contributed by atoms with Crippen molar-refractivity contribution in [3.05, 3.63) is 63.7 Å². The van der Waals surface area contributed by atoms with E-state index in [0.717, 1.165) is 4.90 Å². The van der Waals surface area contributed by atoms with E-state index in [1.807, 2.05) is 6.92 Å². The van der Waals surface area contributed by atoms with E-state index in [4.69, 9.17) is 4.74 Å². The minimum Gasteiger partial charge on any atom is -0.494 e. The maximum atomic E-state index is 13.1. The molecule has 1 fully saturated rings. The second kappa shape index (κ2) is 8.66. The molecule has 1 saturated heterocycles. The topological polar surface area (TPSA) is 122 Å². The molecule has 10 nitrogen and oxygen atoms in total. The van der Waals surface area contributed by atoms with Crippen molar-refractivity contribution >= 4 is 41.0 Å². The first-order chi connectivity index (χ1) is 14.7. The van der Waals surface area contributed by atoms with E-state index in [-0.39, 0.29) is 16.9 Å². The lowest BCUT2D eigenvalue weighted by Crippen LogP contribution is -2.54. The van der Waals surface area contributed by atoms with Crippen molar-refractivity contribution in [1.29, 1.82) is 0 Å². The third kappa shape index (κ3) is 4.37. The van der Waals surface area contributed by atoms with Gasteiger partial charge in [0.05, 0.1) is 17.2 Å². The van der Waals surface area contributed by atoms with Gasteiger partial charge in [0.2, 0.25) is 0 Å². The number of amides is 4. The number of imide groups is 2. The van der Waals surface area contributed by atoms with Gasteiger partial charge in [-0.05, 0) is 43.3 Å². The van der Waals surface area contributed by atoms with E-state index in [9.17, 15) is 24.5 Å². The Hall–Kier alpha value is -4.21. The molecule has 0 unspecified atom stereocenters. The van der Waals surface area contributed by atoms with Crippen LogP contribution in [0.4, 0.5) is 21.9 Å². The number of urea groups is 1. The molecule has 0 saturated carbocycles. The van der Waals surface area contributed by atoms with Gasteiger partial charge in [0.25, 0.3) is 17.5 Å². The number of nitro groups is 1. The van der Waals surface area contributed by atoms with Gasteiger partial charge in [-0.25, -0.2) is 9.69 Å². The summed E-state index contributed by atoms with van der Waals surface area (Å²) in [6, 6.07) is 9.47. The average Bonchev–Trinajstić information content (AvgIpc) is 2.72. The molecule has 1 N–H and O–H groups in total. The SMILES string of the molecule is CCOc1ccc(N2C(=O)NC(=O)/C(=C/c3cc([N+](=O)[O-])ccc3N(C)C)C2=O)cc1. The van der Waals surface area contributed by atoms with Crippen LogP contribution < -0.4 is 19.9 Å². The number of hydrogen-bond acceptors (Lipinski definition) is 7. The maximum absolute atomic E-state index is 13.1. The Bertz CT molecular complexity index is 1090. The van der Waals surface area contributed by atoms with Crippen LogP contribution in [0, 0.1) is 10.1 Å². The van der Waals surface area contributed by atoms with Gasteiger partial charge >= 0.3 is 6.03 Å². The molecular formula is C21H20N4O6. The Morgan fingerprint density at radius 1 is 1.13 bits per heavy atom. The zero-order valence-electron chi connectivity index (χ0n) is 17.1. The number of barbiturate groups is 1. The summed E-state index contributed by atoms with van der Waals surface area (Å²) in [5.41, 5.74) is 0.579. The highest BCUT2D eigenvalue weighted by atomic mass is 16.6. The summed E-state index contributed by atoms with van der Waals surface area (Å²) in [6.07, 6.45) is 1.24. The van der Waals surface area contributed by atoms with Crippen LogP contribution in [0.5, 0.6) is 5.75 Å². The number of nitrogens with one attached hydrogen (secondary N) is 1. The van der Waals surface area contributed by atoms with Crippen molar-refractivity contribution < 1.29 is 24.0 Å². The summed E-state index contributed by atoms with van der Waals surface area (Å²) < 4.78 is 5.36. The van der Waals surface area contributed by atoms with Gasteiger partial charge in [0, 0.05) is 37.5 Å². The lowest BCUT2D eigenvalue weighted by atomic mass is 10.0. The summed E-state index contributed by atoms with van der Waals surface area (Å²) in [7, 11) is 3.45. The number of hydrogen-bond donors (Lipinski definition) is 1. The lowest BCUT2D eigenvalue weighted by molar-refractivity contribution is -0.384. The molecule has 0 bridgehead atoms. The van der Waals surface area contributed by atoms with Crippen LogP contribution in [0.15, 0.2) is 48.0 Å². The highest BCUT2D eigenvalue weighted by molar-refractivity contribution is 6.39. The van der Waals surface area contributed by atoms with Gasteiger partial charge < -0.3 is 9.64 Å². The Morgan fingerprint density at radius 2 is 1.81 bits per heavy atom. The van der Waals surface area contributed by atoms with Crippen LogP contribution in [0.25, 0.3) is 6.08 Å². The average molecular weight is 424 g/mol. The molecule has 0 aliphatic carbocycles. The van der Waals surface area contributed by atoms with Crippen molar-refractivity contribution in [3.8, 4) is 5.75 Å². The third-order valence-electron chi connectivity index (χ3n) is 4.51. The number of benzene rings is 2. The number of non-ortho nitro benzene ring substituents is 1. The fourth-order valence-corrected chi connectivity index (χ4v) is 3.08. The molecule has 160 valence electrons. The van der Waals surface area contributed by atoms with E-state index >= 15 is 0 Å². The van der Waals surface area contributed by atoms with E-state index in [1.165, 1.54) is 36.4 Å². The Morgan fingerprint density at radius 3 is 2.39 bits per heavy atom. The minimum atomic E-state index is -0.886. The second-order valence-corrected chi connectivity index (χ2v) is 6.78. The molecule has 31 heavy (non-hydrogen) atoms. The summed E-state index contributed by atoms with van der Waals surface area (Å²) in [5.74, 6) is -1.15. The molecule has 1 heterocycles. The second-order valence-electron chi connectivity index (χ2n) is 6.78. The first-order valence-electron chi connectivity index (χ1n) is 9.33. The molecule has 1 aliphatic rings. The van der Waals surface area contributed by atoms with E-state index in [2.05, 4.69) is 5.32 Å². The molecule has 0 spiro atoms. The Kier molecular flexibility index (Phi) is 6.00. The first kappa shape index (κ1) is 21.5. The molecule has 0 aromatic heterocycles. The van der Waals surface area contributed by atoms with Gasteiger partial charge in [-0.3, -0.25) is 25.0 Å².